The van der Waals surface area contributed by atoms with E-state index >= 15 is 0 Å². The average Bonchev–Trinajstić information content (AvgIpc) is 3.20. The first-order valence-corrected chi connectivity index (χ1v) is 8.92. The molecule has 1 atom stereocenters. The van der Waals surface area contributed by atoms with E-state index in [1.807, 2.05) is 29.1 Å². The number of benzene rings is 1. The van der Waals surface area contributed by atoms with Crippen LogP contribution in [0.4, 0.5) is 5.69 Å². The summed E-state index contributed by atoms with van der Waals surface area (Å²) in [5, 5.41) is 10.7. The van der Waals surface area contributed by atoms with Gasteiger partial charge < -0.3 is 10.6 Å². The second kappa shape index (κ2) is 6.77. The summed E-state index contributed by atoms with van der Waals surface area (Å²) >= 11 is 0. The van der Waals surface area contributed by atoms with Crippen molar-refractivity contribution < 1.29 is 4.79 Å². The van der Waals surface area contributed by atoms with E-state index in [1.165, 1.54) is 12.8 Å². The minimum Gasteiger partial charge on any atom is -0.323 e. The Morgan fingerprint density at radius 2 is 1.96 bits per heavy atom. The fourth-order valence-corrected chi connectivity index (χ4v) is 3.87. The number of nitrogens with one attached hydrogen (secondary N) is 2. The molecule has 5 nitrogen and oxygen atoms in total. The summed E-state index contributed by atoms with van der Waals surface area (Å²) < 4.78 is 1.94. The highest BCUT2D eigenvalue weighted by Crippen LogP contribution is 2.38. The quantitative estimate of drug-likeness (QED) is 0.889. The van der Waals surface area contributed by atoms with Gasteiger partial charge in [-0.25, -0.2) is 0 Å². The van der Waals surface area contributed by atoms with Gasteiger partial charge in [-0.2, -0.15) is 5.10 Å². The Morgan fingerprint density at radius 1 is 1.21 bits per heavy atom. The van der Waals surface area contributed by atoms with Crippen LogP contribution in [0.3, 0.4) is 0 Å². The number of hydrogen-bond acceptors (Lipinski definition) is 3. The van der Waals surface area contributed by atoms with Crippen molar-refractivity contribution in [3.05, 3.63) is 48.3 Å². The molecule has 2 fully saturated rings. The van der Waals surface area contributed by atoms with Gasteiger partial charge in [-0.05, 0) is 24.3 Å². The molecule has 0 bridgehead atoms. The van der Waals surface area contributed by atoms with E-state index < -0.39 is 0 Å². The molecular formula is C19H24N4O. The van der Waals surface area contributed by atoms with E-state index in [9.17, 15) is 4.79 Å². The number of amides is 1. The number of rotatable bonds is 5. The highest BCUT2D eigenvalue weighted by molar-refractivity contribution is 5.95. The van der Waals surface area contributed by atoms with Gasteiger partial charge in [-0.1, -0.05) is 43.2 Å². The van der Waals surface area contributed by atoms with E-state index in [2.05, 4.69) is 27.9 Å². The highest BCUT2D eigenvalue weighted by atomic mass is 16.1. The zero-order valence-corrected chi connectivity index (χ0v) is 13.8. The van der Waals surface area contributed by atoms with Gasteiger partial charge in [0.05, 0.1) is 23.8 Å². The van der Waals surface area contributed by atoms with E-state index in [0.717, 1.165) is 37.2 Å². The molecule has 2 heterocycles. The van der Waals surface area contributed by atoms with E-state index in [-0.39, 0.29) is 11.8 Å². The smallest absolute Gasteiger partial charge is 0.232 e. The van der Waals surface area contributed by atoms with Crippen LogP contribution in [-0.4, -0.2) is 28.8 Å². The third kappa shape index (κ3) is 3.08. The molecule has 0 spiro atoms. The molecule has 2 N–H and O–H groups in total. The predicted molar refractivity (Wildman–Crippen MR) is 93.9 cm³/mol. The maximum absolute atomic E-state index is 13.0. The van der Waals surface area contributed by atoms with Crippen LogP contribution in [0.1, 0.15) is 43.2 Å². The number of carbonyl (C=O) groups excluding carboxylic acids is 1. The summed E-state index contributed by atoms with van der Waals surface area (Å²) in [5.74, 6) is 0.472. The lowest BCUT2D eigenvalue weighted by atomic mass is 9.84. The topological polar surface area (TPSA) is 59.0 Å². The molecule has 2 aromatic rings. The Balaban J connectivity index is 1.51. The minimum absolute atomic E-state index is 0.0672. The molecule has 2 aliphatic rings. The molecule has 0 radical (unpaired) electrons. The number of anilines is 1. The molecule has 1 aliphatic heterocycles. The van der Waals surface area contributed by atoms with Gasteiger partial charge in [0.25, 0.3) is 0 Å². The van der Waals surface area contributed by atoms with Crippen LogP contribution in [0.5, 0.6) is 0 Å². The summed E-state index contributed by atoms with van der Waals surface area (Å²) in [6.07, 6.45) is 8.44. The number of aromatic nitrogens is 2. The first-order valence-electron chi connectivity index (χ1n) is 8.92. The molecular weight excluding hydrogens is 300 g/mol. The van der Waals surface area contributed by atoms with Crippen LogP contribution >= 0.6 is 0 Å². The lowest BCUT2D eigenvalue weighted by Gasteiger charge is -2.27. The predicted octanol–water partition coefficient (Wildman–Crippen LogP) is 2.94. The largest absolute Gasteiger partial charge is 0.323 e. The van der Waals surface area contributed by atoms with Crippen molar-refractivity contribution in [1.82, 2.24) is 15.1 Å². The lowest BCUT2D eigenvalue weighted by molar-refractivity contribution is -0.118. The van der Waals surface area contributed by atoms with Crippen LogP contribution < -0.4 is 10.6 Å². The molecule has 5 heteroatoms. The second-order valence-electron chi connectivity index (χ2n) is 6.94. The van der Waals surface area contributed by atoms with E-state index in [0.29, 0.717) is 12.0 Å². The monoisotopic (exact) mass is 324 g/mol. The van der Waals surface area contributed by atoms with Crippen LogP contribution in [0, 0.1) is 5.92 Å². The van der Waals surface area contributed by atoms with Crippen LogP contribution in [0.25, 0.3) is 0 Å². The molecule has 1 unspecified atom stereocenters. The summed E-state index contributed by atoms with van der Waals surface area (Å²) in [5.41, 5.74) is 1.92. The Labute approximate surface area is 142 Å². The lowest BCUT2D eigenvalue weighted by Crippen LogP contribution is -2.43. The second-order valence-corrected chi connectivity index (χ2v) is 6.94. The zero-order chi connectivity index (χ0) is 16.4. The number of carbonyl (C=O) groups is 1. The third-order valence-corrected chi connectivity index (χ3v) is 5.32. The Bertz CT molecular complexity index is 686. The zero-order valence-electron chi connectivity index (χ0n) is 13.8. The third-order valence-electron chi connectivity index (χ3n) is 5.32. The van der Waals surface area contributed by atoms with Gasteiger partial charge >= 0.3 is 0 Å². The first kappa shape index (κ1) is 15.4. The van der Waals surface area contributed by atoms with Gasteiger partial charge in [0.2, 0.25) is 5.91 Å². The van der Waals surface area contributed by atoms with Gasteiger partial charge in [-0.3, -0.25) is 9.48 Å². The molecule has 4 rings (SSSR count). The van der Waals surface area contributed by atoms with Crippen LogP contribution in [0.2, 0.25) is 0 Å². The first-order chi connectivity index (χ1) is 11.8. The van der Waals surface area contributed by atoms with E-state index in [4.69, 9.17) is 0 Å². The van der Waals surface area contributed by atoms with Crippen molar-refractivity contribution in [2.24, 2.45) is 5.92 Å². The van der Waals surface area contributed by atoms with Crippen LogP contribution in [0.15, 0.2) is 42.7 Å². The highest BCUT2D eigenvalue weighted by Gasteiger charge is 2.32. The fraction of sp³-hybridized carbons (Fsp3) is 0.474. The number of nitrogens with zero attached hydrogens (tertiary/aromatic N) is 2. The van der Waals surface area contributed by atoms with Gasteiger partial charge in [0.1, 0.15) is 0 Å². The van der Waals surface area contributed by atoms with Crippen molar-refractivity contribution in [2.45, 2.75) is 37.6 Å². The van der Waals surface area contributed by atoms with Crippen molar-refractivity contribution in [3.8, 4) is 0 Å². The molecule has 1 saturated carbocycles. The number of hydrogen-bond donors (Lipinski definition) is 2. The van der Waals surface area contributed by atoms with Crippen molar-refractivity contribution >= 4 is 11.6 Å². The standard InChI is InChI=1S/C19H24N4O/c24-19(22-16-10-21-23(13-16)17-11-20-12-17)18(15-8-4-5-9-15)14-6-2-1-3-7-14/h1-3,6-7,10,13,15,17-18,20H,4-5,8-9,11-12H2,(H,22,24). The van der Waals surface area contributed by atoms with Gasteiger partial charge in [0, 0.05) is 19.3 Å². The fourth-order valence-electron chi connectivity index (χ4n) is 3.87. The summed E-state index contributed by atoms with van der Waals surface area (Å²) in [6.45, 7) is 1.90. The SMILES string of the molecule is O=C(Nc1cnn(C2CNC2)c1)C(c1ccccc1)C1CCCC1. The maximum atomic E-state index is 13.0. The molecule has 126 valence electrons. The molecule has 1 aromatic heterocycles. The normalized spacial score (nSPS) is 19.8. The van der Waals surface area contributed by atoms with Gasteiger partial charge in [-0.15, -0.1) is 0 Å². The van der Waals surface area contributed by atoms with Crippen molar-refractivity contribution in [1.29, 1.82) is 0 Å². The molecule has 24 heavy (non-hydrogen) atoms. The summed E-state index contributed by atoms with van der Waals surface area (Å²) in [6, 6.07) is 10.6. The summed E-state index contributed by atoms with van der Waals surface area (Å²) in [7, 11) is 0. The molecule has 1 amide bonds. The van der Waals surface area contributed by atoms with E-state index in [1.54, 1.807) is 6.20 Å². The Kier molecular flexibility index (Phi) is 4.34. The Morgan fingerprint density at radius 3 is 2.62 bits per heavy atom. The summed E-state index contributed by atoms with van der Waals surface area (Å²) in [4.78, 5) is 13.0. The molecule has 1 saturated heterocycles. The average molecular weight is 324 g/mol. The van der Waals surface area contributed by atoms with Gasteiger partial charge in [0.15, 0.2) is 0 Å². The molecule has 1 aliphatic carbocycles. The Hall–Kier alpha value is -2.14. The maximum Gasteiger partial charge on any atom is 0.232 e. The van der Waals surface area contributed by atoms with Crippen LogP contribution in [-0.2, 0) is 4.79 Å². The minimum atomic E-state index is -0.0672. The van der Waals surface area contributed by atoms with Crippen molar-refractivity contribution in [3.63, 3.8) is 0 Å². The molecule has 1 aromatic carbocycles. The van der Waals surface area contributed by atoms with Crippen molar-refractivity contribution in [2.75, 3.05) is 18.4 Å².